The molecule has 0 N–H and O–H groups in total. The van der Waals surface area contributed by atoms with E-state index in [4.69, 9.17) is 13.3 Å². The third-order valence-electron chi connectivity index (χ3n) is 8.77. The molecule has 0 radical (unpaired) electrons. The quantitative estimate of drug-likeness (QED) is 0.0615. The minimum atomic E-state index is -2.39. The highest BCUT2D eigenvalue weighted by Gasteiger charge is 2.37. The van der Waals surface area contributed by atoms with Crippen molar-refractivity contribution >= 4 is 35.8 Å². The van der Waals surface area contributed by atoms with E-state index in [1.807, 2.05) is 6.92 Å². The van der Waals surface area contributed by atoms with Crippen LogP contribution in [0.5, 0.6) is 0 Å². The Balaban J connectivity index is 3.65. The molecule has 0 aromatic carbocycles. The Morgan fingerprint density at radius 3 is 1.10 bits per heavy atom. The predicted molar refractivity (Wildman–Crippen MR) is 183 cm³/mol. The summed E-state index contributed by atoms with van der Waals surface area (Å²) in [7, 11) is 0.0989. The first-order chi connectivity index (χ1) is 18.6. The lowest BCUT2D eigenvalue weighted by Gasteiger charge is -2.27. The van der Waals surface area contributed by atoms with Gasteiger partial charge in [-0.2, -0.15) is 0 Å². The first-order valence-corrected chi connectivity index (χ1v) is 26.8. The maximum Gasteiger partial charge on any atom is 0.500 e. The predicted octanol–water partition coefficient (Wildman–Crippen LogP) is 10.3. The molecule has 8 heteroatoms. The van der Waals surface area contributed by atoms with Crippen LogP contribution in [0, 0.1) is 0 Å². The molecule has 0 amide bonds. The van der Waals surface area contributed by atoms with E-state index >= 15 is 0 Å². The van der Waals surface area contributed by atoms with Gasteiger partial charge in [0.15, 0.2) is 0 Å². The minimum Gasteiger partial charge on any atom is -0.377 e. The summed E-state index contributed by atoms with van der Waals surface area (Å²) in [6, 6.07) is 6.81. The first kappa shape index (κ1) is 39.7. The van der Waals surface area contributed by atoms with Crippen molar-refractivity contribution in [3.05, 3.63) is 0 Å². The SMILES string of the molecule is CCS(=O)CCCCCCCCCCC[Si](C)(C)CCCCCCCC[Si](C)(C)CCC[Si](OC)(OC)OC. The zero-order valence-electron chi connectivity index (χ0n) is 27.8. The Kier molecular flexibility index (Phi) is 24.6. The fourth-order valence-electron chi connectivity index (χ4n) is 5.75. The van der Waals surface area contributed by atoms with Gasteiger partial charge in [-0.15, -0.1) is 0 Å². The van der Waals surface area contributed by atoms with Gasteiger partial charge in [-0.05, 0) is 6.42 Å². The fraction of sp³-hybridized carbons (Fsp3) is 1.00. The van der Waals surface area contributed by atoms with E-state index < -0.39 is 35.8 Å². The van der Waals surface area contributed by atoms with E-state index in [0.29, 0.717) is 0 Å². The molecule has 0 bridgehead atoms. The Labute approximate surface area is 251 Å². The largest absolute Gasteiger partial charge is 0.500 e. The molecule has 0 saturated carbocycles. The van der Waals surface area contributed by atoms with Crippen molar-refractivity contribution in [3.63, 3.8) is 0 Å². The van der Waals surface area contributed by atoms with Crippen LogP contribution < -0.4 is 0 Å². The number of hydrogen-bond donors (Lipinski definition) is 0. The number of unbranched alkanes of at least 4 members (excludes halogenated alkanes) is 13. The van der Waals surface area contributed by atoms with E-state index in [1.165, 1.54) is 120 Å². The van der Waals surface area contributed by atoms with E-state index in [9.17, 15) is 4.21 Å². The Morgan fingerprint density at radius 1 is 0.462 bits per heavy atom. The summed E-state index contributed by atoms with van der Waals surface area (Å²) in [5.41, 5.74) is 0. The van der Waals surface area contributed by atoms with Gasteiger partial charge in [0.05, 0.1) is 0 Å². The van der Waals surface area contributed by atoms with Crippen molar-refractivity contribution in [2.75, 3.05) is 32.8 Å². The van der Waals surface area contributed by atoms with E-state index in [2.05, 4.69) is 26.2 Å². The third kappa shape index (κ3) is 22.9. The second-order valence-corrected chi connectivity index (χ2v) is 29.1. The van der Waals surface area contributed by atoms with E-state index in [-0.39, 0.29) is 0 Å². The molecular weight excluding hydrogens is 553 g/mol. The molecule has 0 aromatic rings. The Hall–Kier alpha value is 0.681. The van der Waals surface area contributed by atoms with Crippen molar-refractivity contribution in [3.8, 4) is 0 Å². The summed E-state index contributed by atoms with van der Waals surface area (Å²) >= 11 is 0. The highest BCUT2D eigenvalue weighted by atomic mass is 32.2. The summed E-state index contributed by atoms with van der Waals surface area (Å²) in [6.45, 7) is 12.4. The van der Waals surface area contributed by atoms with Crippen LogP contribution in [0.1, 0.15) is 110 Å². The first-order valence-electron chi connectivity index (χ1n) is 16.6. The lowest BCUT2D eigenvalue weighted by molar-refractivity contribution is 0.123. The average Bonchev–Trinajstić information content (AvgIpc) is 2.91. The van der Waals surface area contributed by atoms with Gasteiger partial charge in [-0.25, -0.2) is 0 Å². The molecule has 0 spiro atoms. The molecule has 236 valence electrons. The maximum atomic E-state index is 11.4. The van der Waals surface area contributed by atoms with Crippen LogP contribution in [0.4, 0.5) is 0 Å². The van der Waals surface area contributed by atoms with Gasteiger partial charge in [0.1, 0.15) is 0 Å². The highest BCUT2D eigenvalue weighted by Crippen LogP contribution is 2.27. The van der Waals surface area contributed by atoms with Gasteiger partial charge in [-0.3, -0.25) is 4.21 Å². The molecule has 0 aliphatic heterocycles. The fourth-order valence-corrected chi connectivity index (χ4v) is 13.9. The van der Waals surface area contributed by atoms with E-state index in [0.717, 1.165) is 24.0 Å². The number of hydrogen-bond acceptors (Lipinski definition) is 4. The summed E-state index contributed by atoms with van der Waals surface area (Å²) in [5.74, 6) is 1.74. The van der Waals surface area contributed by atoms with Gasteiger partial charge in [0.25, 0.3) is 0 Å². The molecule has 0 aromatic heterocycles. The van der Waals surface area contributed by atoms with E-state index in [1.54, 1.807) is 21.3 Å². The molecule has 0 rings (SSSR count). The normalized spacial score (nSPS) is 13.7. The zero-order valence-corrected chi connectivity index (χ0v) is 31.6. The summed E-state index contributed by atoms with van der Waals surface area (Å²) in [5, 5.41) is 0. The van der Waals surface area contributed by atoms with Crippen LogP contribution >= 0.6 is 0 Å². The molecule has 1 atom stereocenters. The van der Waals surface area contributed by atoms with Gasteiger partial charge >= 0.3 is 8.80 Å². The summed E-state index contributed by atoms with van der Waals surface area (Å²) in [6.07, 6.45) is 22.1. The van der Waals surface area contributed by atoms with Crippen molar-refractivity contribution in [1.29, 1.82) is 0 Å². The second-order valence-electron chi connectivity index (χ2n) is 13.5. The minimum absolute atomic E-state index is 0.562. The molecule has 0 aliphatic carbocycles. The monoisotopic (exact) mass is 622 g/mol. The molecule has 0 fully saturated rings. The van der Waals surface area contributed by atoms with Crippen LogP contribution in [0.15, 0.2) is 0 Å². The van der Waals surface area contributed by atoms with Crippen LogP contribution in [0.3, 0.4) is 0 Å². The van der Waals surface area contributed by atoms with Crippen LogP contribution in [-0.4, -0.2) is 62.0 Å². The molecule has 1 unspecified atom stereocenters. The molecule has 4 nitrogen and oxygen atoms in total. The van der Waals surface area contributed by atoms with Crippen molar-refractivity contribution in [2.45, 2.75) is 166 Å². The summed E-state index contributed by atoms with van der Waals surface area (Å²) in [4.78, 5) is 0. The molecule has 39 heavy (non-hydrogen) atoms. The lowest BCUT2D eigenvalue weighted by Crippen LogP contribution is -2.43. The van der Waals surface area contributed by atoms with Gasteiger partial charge in [0, 0.05) is 65.8 Å². The topological polar surface area (TPSA) is 44.8 Å². The van der Waals surface area contributed by atoms with Crippen molar-refractivity contribution in [1.82, 2.24) is 0 Å². The van der Waals surface area contributed by atoms with Gasteiger partial charge in [0.2, 0.25) is 0 Å². The Bertz CT molecular complexity index is 578. The average molecular weight is 623 g/mol. The summed E-state index contributed by atoms with van der Waals surface area (Å²) < 4.78 is 28.2. The van der Waals surface area contributed by atoms with Crippen LogP contribution in [0.2, 0.25) is 56.4 Å². The molecule has 0 aliphatic rings. The van der Waals surface area contributed by atoms with Crippen LogP contribution in [0.25, 0.3) is 0 Å². The molecule has 0 saturated heterocycles. The molecular formula is C31H70O4SSi3. The smallest absolute Gasteiger partial charge is 0.377 e. The van der Waals surface area contributed by atoms with Crippen molar-refractivity contribution < 1.29 is 17.5 Å². The van der Waals surface area contributed by atoms with Gasteiger partial charge < -0.3 is 13.3 Å². The Morgan fingerprint density at radius 2 is 0.769 bits per heavy atom. The van der Waals surface area contributed by atoms with Crippen molar-refractivity contribution in [2.24, 2.45) is 0 Å². The lowest BCUT2D eigenvalue weighted by atomic mass is 10.1. The maximum absolute atomic E-state index is 11.4. The van der Waals surface area contributed by atoms with Gasteiger partial charge in [-0.1, -0.05) is 154 Å². The second kappa shape index (κ2) is 24.2. The highest BCUT2D eigenvalue weighted by molar-refractivity contribution is 7.84. The third-order valence-corrected chi connectivity index (χ3v) is 19.8. The molecule has 0 heterocycles. The zero-order chi connectivity index (χ0) is 29.5. The van der Waals surface area contributed by atoms with Crippen LogP contribution in [-0.2, 0) is 24.1 Å². The number of rotatable bonds is 29. The standard InChI is InChI=1S/C31H70O4SSi3/c1-9-36(32)26-21-17-13-11-10-12-14-18-22-27-37(5,6)28-23-19-15-16-20-24-29-38(7,8)30-25-31-39(33-2,34-3)35-4/h9-31H2,1-8H3.